The van der Waals surface area contributed by atoms with Crippen molar-refractivity contribution < 1.29 is 47.4 Å². The number of carbonyl (C=O) groups excluding carboxylic acids is 1. The number of hydrogen-bond donors (Lipinski definition) is 0. The molecule has 0 aliphatic carbocycles. The quantitative estimate of drug-likeness (QED) is 0.0535. The summed E-state index contributed by atoms with van der Waals surface area (Å²) >= 11 is 0. The lowest BCUT2D eigenvalue weighted by Crippen LogP contribution is -2.15. The summed E-state index contributed by atoms with van der Waals surface area (Å²) < 4.78 is 49.4. The van der Waals surface area contributed by atoms with Gasteiger partial charge in [0.1, 0.15) is 19.0 Å². The Morgan fingerprint density at radius 2 is 0.812 bits per heavy atom. The molecule has 1 rings (SSSR count). The molecule has 280 valence electrons. The average molecular weight is 685 g/mol. The van der Waals surface area contributed by atoms with Crippen molar-refractivity contribution in [3.05, 3.63) is 29.8 Å². The van der Waals surface area contributed by atoms with Crippen molar-refractivity contribution in [3.63, 3.8) is 0 Å². The molecular formula is C38H68O10. The van der Waals surface area contributed by atoms with Gasteiger partial charge < -0.3 is 42.6 Å². The van der Waals surface area contributed by atoms with Gasteiger partial charge in [0.05, 0.1) is 92.5 Å². The van der Waals surface area contributed by atoms with Crippen LogP contribution >= 0.6 is 0 Å². The highest BCUT2D eigenvalue weighted by Crippen LogP contribution is 2.15. The molecule has 10 nitrogen and oxygen atoms in total. The lowest BCUT2D eigenvalue weighted by Gasteiger charge is -2.09. The number of benzene rings is 1. The molecule has 48 heavy (non-hydrogen) atoms. The van der Waals surface area contributed by atoms with Crippen molar-refractivity contribution in [2.45, 2.75) is 97.3 Å². The molecule has 1 aromatic carbocycles. The number of ether oxygens (including phenoxy) is 9. The van der Waals surface area contributed by atoms with Crippen molar-refractivity contribution >= 4 is 5.97 Å². The van der Waals surface area contributed by atoms with E-state index in [1.807, 2.05) is 12.1 Å². The number of rotatable bonds is 38. The van der Waals surface area contributed by atoms with E-state index in [1.54, 1.807) is 0 Å². The van der Waals surface area contributed by atoms with Crippen LogP contribution in [0.5, 0.6) is 5.75 Å². The Morgan fingerprint density at radius 1 is 0.438 bits per heavy atom. The van der Waals surface area contributed by atoms with Crippen LogP contribution in [0.4, 0.5) is 0 Å². The van der Waals surface area contributed by atoms with E-state index >= 15 is 0 Å². The van der Waals surface area contributed by atoms with Gasteiger partial charge in [-0.1, -0.05) is 83.8 Å². The Balaban J connectivity index is 1.72. The zero-order valence-electron chi connectivity index (χ0n) is 30.4. The number of esters is 1. The second kappa shape index (κ2) is 36.5. The first-order valence-corrected chi connectivity index (χ1v) is 18.7. The van der Waals surface area contributed by atoms with Gasteiger partial charge in [0.25, 0.3) is 0 Å². The van der Waals surface area contributed by atoms with Crippen molar-refractivity contribution in [2.24, 2.45) is 0 Å². The van der Waals surface area contributed by atoms with Gasteiger partial charge in [-0.3, -0.25) is 4.79 Å². The van der Waals surface area contributed by atoms with E-state index in [1.165, 1.54) is 63.4 Å². The highest BCUT2D eigenvalue weighted by Gasteiger charge is 2.03. The molecule has 0 amide bonds. The lowest BCUT2D eigenvalue weighted by atomic mass is 10.0. The summed E-state index contributed by atoms with van der Waals surface area (Å²) in [5.41, 5.74) is 1.38. The Hall–Kier alpha value is -1.79. The van der Waals surface area contributed by atoms with Crippen LogP contribution in [-0.4, -0.2) is 112 Å². The number of carbonyl (C=O) groups is 1. The Labute approximate surface area is 291 Å². The predicted molar refractivity (Wildman–Crippen MR) is 189 cm³/mol. The Bertz CT molecular complexity index is 792. The SMILES string of the molecule is CCCCCCCCc1ccc(OCCOCCOCCOCCOCCOCCOCCOCCOC(=O)CCCCCCC)cc1. The molecule has 0 fully saturated rings. The summed E-state index contributed by atoms with van der Waals surface area (Å²) in [7, 11) is 0. The minimum absolute atomic E-state index is 0.143. The molecular weight excluding hydrogens is 616 g/mol. The van der Waals surface area contributed by atoms with Crippen LogP contribution in [0, 0.1) is 0 Å². The number of unbranched alkanes of at least 4 members (excludes halogenated alkanes) is 9. The van der Waals surface area contributed by atoms with Crippen molar-refractivity contribution in [1.29, 1.82) is 0 Å². The summed E-state index contributed by atoms with van der Waals surface area (Å²) in [6.07, 6.45) is 15.2. The van der Waals surface area contributed by atoms with Crippen LogP contribution in [0.15, 0.2) is 24.3 Å². The molecule has 10 heteroatoms. The van der Waals surface area contributed by atoms with Crippen LogP contribution in [-0.2, 0) is 49.1 Å². The van der Waals surface area contributed by atoms with Gasteiger partial charge in [0.2, 0.25) is 0 Å². The van der Waals surface area contributed by atoms with Gasteiger partial charge in [0.15, 0.2) is 0 Å². The highest BCUT2D eigenvalue weighted by atomic mass is 16.6. The van der Waals surface area contributed by atoms with E-state index in [0.717, 1.165) is 25.0 Å². The lowest BCUT2D eigenvalue weighted by molar-refractivity contribution is -0.145. The minimum Gasteiger partial charge on any atom is -0.491 e. The minimum atomic E-state index is -0.143. The van der Waals surface area contributed by atoms with Crippen molar-refractivity contribution in [1.82, 2.24) is 0 Å². The number of hydrogen-bond acceptors (Lipinski definition) is 10. The fraction of sp³-hybridized carbons (Fsp3) is 0.816. The molecule has 0 aliphatic rings. The zero-order chi connectivity index (χ0) is 34.4. The van der Waals surface area contributed by atoms with Crippen LogP contribution in [0.25, 0.3) is 0 Å². The molecule has 0 spiro atoms. The third-order valence-electron chi connectivity index (χ3n) is 7.45. The van der Waals surface area contributed by atoms with Crippen LogP contribution in [0.1, 0.15) is 96.5 Å². The van der Waals surface area contributed by atoms with Crippen LogP contribution < -0.4 is 4.74 Å². The summed E-state index contributed by atoms with van der Waals surface area (Å²) in [5.74, 6) is 0.742. The Morgan fingerprint density at radius 3 is 1.27 bits per heavy atom. The summed E-state index contributed by atoms with van der Waals surface area (Å²) in [4.78, 5) is 11.6. The maximum atomic E-state index is 11.6. The molecule has 0 aliphatic heterocycles. The normalized spacial score (nSPS) is 11.3. The molecule has 1 aromatic rings. The molecule has 0 saturated heterocycles. The summed E-state index contributed by atoms with van der Waals surface area (Å²) in [6.45, 7) is 12.2. The molecule has 0 N–H and O–H groups in total. The predicted octanol–water partition coefficient (Wildman–Crippen LogP) is 6.99. The molecule has 0 heterocycles. The van der Waals surface area contributed by atoms with Gasteiger partial charge in [0, 0.05) is 6.42 Å². The first-order valence-electron chi connectivity index (χ1n) is 18.7. The first kappa shape index (κ1) is 44.2. The van der Waals surface area contributed by atoms with Crippen LogP contribution in [0.3, 0.4) is 0 Å². The van der Waals surface area contributed by atoms with E-state index < -0.39 is 0 Å². The van der Waals surface area contributed by atoms with Gasteiger partial charge in [-0.05, 0) is 37.0 Å². The topological polar surface area (TPSA) is 100 Å². The third kappa shape index (κ3) is 31.5. The first-order chi connectivity index (χ1) is 23.8. The fourth-order valence-electron chi connectivity index (χ4n) is 4.66. The summed E-state index contributed by atoms with van der Waals surface area (Å²) in [6, 6.07) is 8.43. The van der Waals surface area contributed by atoms with Crippen molar-refractivity contribution in [3.8, 4) is 5.75 Å². The summed E-state index contributed by atoms with van der Waals surface area (Å²) in [5, 5.41) is 0. The van der Waals surface area contributed by atoms with Gasteiger partial charge >= 0.3 is 5.97 Å². The maximum absolute atomic E-state index is 11.6. The molecule has 0 atom stereocenters. The highest BCUT2D eigenvalue weighted by molar-refractivity contribution is 5.69. The molecule has 0 aromatic heterocycles. The average Bonchev–Trinajstić information content (AvgIpc) is 3.10. The third-order valence-corrected chi connectivity index (χ3v) is 7.45. The molecule has 0 radical (unpaired) electrons. The number of aryl methyl sites for hydroxylation is 1. The van der Waals surface area contributed by atoms with Crippen LogP contribution in [0.2, 0.25) is 0 Å². The van der Waals surface area contributed by atoms with Crippen molar-refractivity contribution in [2.75, 3.05) is 106 Å². The van der Waals surface area contributed by atoms with E-state index in [4.69, 9.17) is 42.6 Å². The van der Waals surface area contributed by atoms with Gasteiger partial charge in [-0.15, -0.1) is 0 Å². The van der Waals surface area contributed by atoms with E-state index in [9.17, 15) is 4.79 Å². The monoisotopic (exact) mass is 684 g/mol. The zero-order valence-corrected chi connectivity index (χ0v) is 30.4. The largest absolute Gasteiger partial charge is 0.491 e. The fourth-order valence-corrected chi connectivity index (χ4v) is 4.66. The second-order valence-electron chi connectivity index (χ2n) is 11.7. The molecule has 0 unspecified atom stereocenters. The molecule has 0 bridgehead atoms. The van der Waals surface area contributed by atoms with Gasteiger partial charge in [-0.25, -0.2) is 0 Å². The maximum Gasteiger partial charge on any atom is 0.305 e. The van der Waals surface area contributed by atoms with E-state index in [2.05, 4.69) is 26.0 Å². The Kier molecular flexibility index (Phi) is 33.6. The smallest absolute Gasteiger partial charge is 0.305 e. The second-order valence-corrected chi connectivity index (χ2v) is 11.7. The van der Waals surface area contributed by atoms with E-state index in [-0.39, 0.29) is 12.6 Å². The molecule has 0 saturated carbocycles. The van der Waals surface area contributed by atoms with Gasteiger partial charge in [-0.2, -0.15) is 0 Å². The van der Waals surface area contributed by atoms with E-state index in [0.29, 0.717) is 106 Å². The standard InChI is InChI=1S/C38H68O10/c1-3-5-7-9-11-12-14-36-16-18-37(19-17-36)47-34-32-45-30-28-43-26-24-41-22-20-40-21-23-42-25-27-44-29-31-46-33-35-48-38(39)15-13-10-8-6-4-2/h16-19H,3-15,20-35H2,1-2H3.